The van der Waals surface area contributed by atoms with Gasteiger partial charge >= 0.3 is 5.97 Å². The second-order valence-electron chi connectivity index (χ2n) is 5.80. The van der Waals surface area contributed by atoms with Crippen LogP contribution in [0.25, 0.3) is 0 Å². The number of carbonyl (C=O) groups excluding carboxylic acids is 1. The molecule has 2 nitrogen and oxygen atoms in total. The maximum absolute atomic E-state index is 11.6. The van der Waals surface area contributed by atoms with E-state index in [0.29, 0.717) is 11.8 Å². The van der Waals surface area contributed by atoms with E-state index in [0.717, 1.165) is 11.8 Å². The highest BCUT2D eigenvalue weighted by Gasteiger charge is 2.51. The van der Waals surface area contributed by atoms with Crippen LogP contribution in [0.3, 0.4) is 0 Å². The van der Waals surface area contributed by atoms with Gasteiger partial charge in [0.05, 0.1) is 0 Å². The summed E-state index contributed by atoms with van der Waals surface area (Å²) < 4.78 is 3.52. The van der Waals surface area contributed by atoms with Gasteiger partial charge in [0.1, 0.15) is 6.10 Å². The van der Waals surface area contributed by atoms with Crippen LogP contribution < -0.4 is 0 Å². The molecule has 0 heterocycles. The van der Waals surface area contributed by atoms with Crippen LogP contribution in [0.15, 0.2) is 0 Å². The SMILES string of the molecule is O=C(OC1C2CC3CC(C2)CC1C3)C(Cl)(Cl)Cl. The third kappa shape index (κ3) is 2.29. The zero-order valence-corrected chi connectivity index (χ0v) is 11.6. The average molecular weight is 298 g/mol. The fraction of sp³-hybridized carbons (Fsp3) is 0.917. The first-order chi connectivity index (χ1) is 7.93. The number of halogens is 3. The smallest absolute Gasteiger partial charge is 0.358 e. The summed E-state index contributed by atoms with van der Waals surface area (Å²) in [6, 6.07) is 0. The lowest BCUT2D eigenvalue weighted by molar-refractivity contribution is -0.169. The molecule has 4 aliphatic rings. The Labute approximate surface area is 116 Å². The number of alkyl halides is 3. The highest BCUT2D eigenvalue weighted by atomic mass is 35.6. The van der Waals surface area contributed by atoms with Gasteiger partial charge in [-0.2, -0.15) is 0 Å². The fourth-order valence-corrected chi connectivity index (χ4v) is 4.39. The Morgan fingerprint density at radius 1 is 0.941 bits per heavy atom. The lowest BCUT2D eigenvalue weighted by Gasteiger charge is -2.53. The zero-order valence-electron chi connectivity index (χ0n) is 9.37. The van der Waals surface area contributed by atoms with Crippen LogP contribution in [0.5, 0.6) is 0 Å². The Kier molecular flexibility index (Phi) is 3.04. The summed E-state index contributed by atoms with van der Waals surface area (Å²) in [6.45, 7) is 0. The number of carbonyl (C=O) groups is 1. The van der Waals surface area contributed by atoms with Crippen molar-refractivity contribution in [1.29, 1.82) is 0 Å². The molecule has 0 radical (unpaired) electrons. The second-order valence-corrected chi connectivity index (χ2v) is 8.08. The van der Waals surface area contributed by atoms with Gasteiger partial charge in [0, 0.05) is 0 Å². The van der Waals surface area contributed by atoms with Crippen molar-refractivity contribution < 1.29 is 9.53 Å². The lowest BCUT2D eigenvalue weighted by atomic mass is 9.55. The van der Waals surface area contributed by atoms with E-state index in [2.05, 4.69) is 0 Å². The normalized spacial score (nSPS) is 43.8. The standard InChI is InChI=1S/C12H15Cl3O2/c13-12(14,15)11(16)17-10-8-2-6-1-7(4-8)5-9(10)3-6/h6-10H,1-5H2. The van der Waals surface area contributed by atoms with Gasteiger partial charge in [-0.1, -0.05) is 34.8 Å². The number of esters is 1. The lowest BCUT2D eigenvalue weighted by Crippen LogP contribution is -2.50. The topological polar surface area (TPSA) is 26.3 Å². The molecule has 0 N–H and O–H groups in total. The van der Waals surface area contributed by atoms with E-state index >= 15 is 0 Å². The number of rotatable bonds is 1. The predicted molar refractivity (Wildman–Crippen MR) is 67.2 cm³/mol. The summed E-state index contributed by atoms with van der Waals surface area (Å²) in [7, 11) is 0. The van der Waals surface area contributed by atoms with Gasteiger partial charge < -0.3 is 4.74 Å². The first kappa shape index (κ1) is 12.4. The van der Waals surface area contributed by atoms with E-state index in [1.165, 1.54) is 32.1 Å². The molecule has 0 aliphatic heterocycles. The summed E-state index contributed by atoms with van der Waals surface area (Å²) in [5, 5.41) is 0. The van der Waals surface area contributed by atoms with Gasteiger partial charge in [-0.25, -0.2) is 4.79 Å². The van der Waals surface area contributed by atoms with Gasteiger partial charge in [-0.05, 0) is 55.8 Å². The molecule has 0 aromatic rings. The maximum atomic E-state index is 11.6. The highest BCUT2D eigenvalue weighted by molar-refractivity contribution is 6.75. The van der Waals surface area contributed by atoms with E-state index < -0.39 is 9.76 Å². The molecule has 0 amide bonds. The Morgan fingerprint density at radius 2 is 1.41 bits per heavy atom. The van der Waals surface area contributed by atoms with E-state index in [4.69, 9.17) is 39.5 Å². The van der Waals surface area contributed by atoms with Crippen LogP contribution in [0.4, 0.5) is 0 Å². The first-order valence-corrected chi connectivity index (χ1v) is 7.34. The maximum Gasteiger partial charge on any atom is 0.358 e. The molecule has 4 aliphatic carbocycles. The van der Waals surface area contributed by atoms with E-state index in [9.17, 15) is 4.79 Å². The van der Waals surface area contributed by atoms with Crippen molar-refractivity contribution in [3.63, 3.8) is 0 Å². The molecule has 0 saturated heterocycles. The van der Waals surface area contributed by atoms with Crippen molar-refractivity contribution >= 4 is 40.8 Å². The predicted octanol–water partition coefficient (Wildman–Crippen LogP) is 3.72. The molecule has 4 rings (SSSR count). The molecule has 0 spiro atoms. The Bertz CT molecular complexity index is 309. The van der Waals surface area contributed by atoms with Crippen LogP contribution >= 0.6 is 34.8 Å². The highest BCUT2D eigenvalue weighted by Crippen LogP contribution is 2.55. The minimum atomic E-state index is -1.94. The Morgan fingerprint density at radius 3 is 1.82 bits per heavy atom. The second kappa shape index (κ2) is 4.18. The van der Waals surface area contributed by atoms with Crippen molar-refractivity contribution in [2.75, 3.05) is 0 Å². The quantitative estimate of drug-likeness (QED) is 0.544. The molecule has 0 aromatic heterocycles. The summed E-state index contributed by atoms with van der Waals surface area (Å²) >= 11 is 16.7. The fourth-order valence-electron chi connectivity index (χ4n) is 4.26. The minimum absolute atomic E-state index is 0.00840. The van der Waals surface area contributed by atoms with Gasteiger partial charge in [0.2, 0.25) is 0 Å². The molecule has 96 valence electrons. The largest absolute Gasteiger partial charge is 0.459 e. The van der Waals surface area contributed by atoms with Crippen molar-refractivity contribution in [2.45, 2.75) is 42.0 Å². The summed E-state index contributed by atoms with van der Waals surface area (Å²) in [5.41, 5.74) is 0. The van der Waals surface area contributed by atoms with Crippen LogP contribution in [0.1, 0.15) is 32.1 Å². The first-order valence-electron chi connectivity index (χ1n) is 6.21. The van der Waals surface area contributed by atoms with Crippen LogP contribution in [-0.4, -0.2) is 15.9 Å². The molecule has 5 heteroatoms. The summed E-state index contributed by atoms with van der Waals surface area (Å²) in [4.78, 5) is 11.6. The summed E-state index contributed by atoms with van der Waals surface area (Å²) in [6.07, 6.45) is 6.11. The van der Waals surface area contributed by atoms with Gasteiger partial charge in [0.25, 0.3) is 3.79 Å². The van der Waals surface area contributed by atoms with E-state index in [1.807, 2.05) is 0 Å². The van der Waals surface area contributed by atoms with Gasteiger partial charge in [-0.15, -0.1) is 0 Å². The molecule has 0 unspecified atom stereocenters. The third-order valence-electron chi connectivity index (χ3n) is 4.61. The molecule has 4 saturated carbocycles. The van der Waals surface area contributed by atoms with Crippen LogP contribution in [0, 0.1) is 23.7 Å². The number of ether oxygens (including phenoxy) is 1. The molecular weight excluding hydrogens is 282 g/mol. The third-order valence-corrected chi connectivity index (χ3v) is 5.08. The minimum Gasteiger partial charge on any atom is -0.459 e. The number of hydrogen-bond acceptors (Lipinski definition) is 2. The average Bonchev–Trinajstić information content (AvgIpc) is 2.20. The molecule has 4 bridgehead atoms. The van der Waals surface area contributed by atoms with Crippen molar-refractivity contribution in [1.82, 2.24) is 0 Å². The Hall–Kier alpha value is 0.340. The number of hydrogen-bond donors (Lipinski definition) is 0. The molecule has 0 atom stereocenters. The summed E-state index contributed by atoms with van der Waals surface area (Å²) in [5.74, 6) is 1.99. The molecule has 0 aromatic carbocycles. The molecule has 4 fully saturated rings. The Balaban J connectivity index is 1.70. The van der Waals surface area contributed by atoms with Crippen LogP contribution in [-0.2, 0) is 9.53 Å². The van der Waals surface area contributed by atoms with Gasteiger partial charge in [0.15, 0.2) is 0 Å². The monoisotopic (exact) mass is 296 g/mol. The van der Waals surface area contributed by atoms with Gasteiger partial charge in [-0.3, -0.25) is 0 Å². The van der Waals surface area contributed by atoms with E-state index in [1.54, 1.807) is 0 Å². The molecule has 17 heavy (non-hydrogen) atoms. The van der Waals surface area contributed by atoms with Crippen molar-refractivity contribution in [3.8, 4) is 0 Å². The van der Waals surface area contributed by atoms with Crippen molar-refractivity contribution in [2.24, 2.45) is 23.7 Å². The molecular formula is C12H15Cl3O2. The zero-order chi connectivity index (χ0) is 12.2. The van der Waals surface area contributed by atoms with Crippen molar-refractivity contribution in [3.05, 3.63) is 0 Å². The van der Waals surface area contributed by atoms with E-state index in [-0.39, 0.29) is 6.10 Å². The van der Waals surface area contributed by atoms with Crippen LogP contribution in [0.2, 0.25) is 0 Å².